The summed E-state index contributed by atoms with van der Waals surface area (Å²) in [6, 6.07) is 36.6. The lowest BCUT2D eigenvalue weighted by molar-refractivity contribution is -0.142. The van der Waals surface area contributed by atoms with Gasteiger partial charge in [0.1, 0.15) is 5.75 Å². The second-order valence-electron chi connectivity index (χ2n) is 19.6. The summed E-state index contributed by atoms with van der Waals surface area (Å²) in [5, 5.41) is 102. The van der Waals surface area contributed by atoms with Gasteiger partial charge in [0, 0.05) is 45.7 Å². The molecule has 0 aliphatic carbocycles. The second kappa shape index (κ2) is 39.8. The molecule has 6 rings (SSSR count). The fraction of sp³-hybridized carbons (Fsp3) is 0.230. The highest BCUT2D eigenvalue weighted by Crippen LogP contribution is 2.17. The van der Waals surface area contributed by atoms with Crippen LogP contribution in [0.3, 0.4) is 0 Å². The summed E-state index contributed by atoms with van der Waals surface area (Å²) in [5.74, 6) is -9.46. The zero-order valence-electron chi connectivity index (χ0n) is 49.0. The summed E-state index contributed by atoms with van der Waals surface area (Å²) in [4.78, 5) is 125. The van der Waals surface area contributed by atoms with Gasteiger partial charge in [-0.3, -0.25) is 59.4 Å². The van der Waals surface area contributed by atoms with Gasteiger partial charge < -0.3 is 51.1 Å². The summed E-state index contributed by atoms with van der Waals surface area (Å²) in [6.45, 7) is 1.64. The zero-order chi connectivity index (χ0) is 68.3. The maximum atomic E-state index is 11.6. The van der Waals surface area contributed by atoms with Crippen LogP contribution >= 0.6 is 0 Å². The Balaban J connectivity index is 0.000000322. The van der Waals surface area contributed by atoms with Gasteiger partial charge in [-0.2, -0.15) is 0 Å². The van der Waals surface area contributed by atoms with E-state index < -0.39 is 83.9 Å². The van der Waals surface area contributed by atoms with Crippen molar-refractivity contribution >= 4 is 65.4 Å². The van der Waals surface area contributed by atoms with E-state index in [-0.39, 0.29) is 66.8 Å². The third kappa shape index (κ3) is 28.4. The van der Waals surface area contributed by atoms with E-state index in [1.54, 1.807) is 94.6 Å². The van der Waals surface area contributed by atoms with Gasteiger partial charge in [-0.25, -0.2) is 45.9 Å². The first-order chi connectivity index (χ1) is 43.8. The number of hydrogen-bond acceptors (Lipinski definition) is 20. The molecular formula is C61H68N8O23. The van der Waals surface area contributed by atoms with Crippen molar-refractivity contribution < 1.29 is 114 Å². The molecule has 0 aliphatic rings. The van der Waals surface area contributed by atoms with E-state index in [2.05, 4.69) is 10.6 Å². The Morgan fingerprint density at radius 1 is 0.391 bits per heavy atom. The lowest BCUT2D eigenvalue weighted by atomic mass is 10.1. The minimum Gasteiger partial charge on any atom is -0.497 e. The average Bonchev–Trinajstić information content (AvgIpc) is 2.10. The van der Waals surface area contributed by atoms with Gasteiger partial charge in [0.25, 0.3) is 23.6 Å². The van der Waals surface area contributed by atoms with E-state index in [0.29, 0.717) is 37.3 Å². The molecule has 490 valence electrons. The number of aliphatic carboxylic acids is 2. The molecule has 17 N–H and O–H groups in total. The van der Waals surface area contributed by atoms with E-state index in [9.17, 15) is 52.7 Å². The molecule has 0 radical (unpaired) electrons. The van der Waals surface area contributed by atoms with E-state index in [1.165, 1.54) is 65.6 Å². The van der Waals surface area contributed by atoms with Crippen LogP contribution in [-0.2, 0) is 68.0 Å². The number of benzene rings is 6. The number of carboxylic acid groups (broad SMARTS) is 7. The van der Waals surface area contributed by atoms with E-state index in [4.69, 9.17) is 61.3 Å². The first-order valence-electron chi connectivity index (χ1n) is 27.1. The molecule has 0 bridgehead atoms. The van der Waals surface area contributed by atoms with Crippen LogP contribution in [-0.4, -0.2) is 164 Å². The number of rotatable bonds is 31. The highest BCUT2D eigenvalue weighted by molar-refractivity contribution is 5.90. The Morgan fingerprint density at radius 3 is 1.07 bits per heavy atom. The number of hydroxylamine groups is 4. The van der Waals surface area contributed by atoms with Gasteiger partial charge in [-0.05, 0) is 113 Å². The van der Waals surface area contributed by atoms with Crippen LogP contribution in [0.4, 0.5) is 0 Å². The van der Waals surface area contributed by atoms with Crippen molar-refractivity contribution in [3.05, 3.63) is 207 Å². The Labute approximate surface area is 523 Å². The van der Waals surface area contributed by atoms with Crippen molar-refractivity contribution in [1.82, 2.24) is 42.4 Å². The van der Waals surface area contributed by atoms with Gasteiger partial charge in [-0.1, -0.05) is 72.8 Å². The van der Waals surface area contributed by atoms with Crippen molar-refractivity contribution in [1.29, 1.82) is 0 Å². The number of nitrogens with one attached hydrogen (secondary N) is 6. The predicted molar refractivity (Wildman–Crippen MR) is 318 cm³/mol. The normalized spacial score (nSPS) is 11.0. The predicted octanol–water partition coefficient (Wildman–Crippen LogP) is 3.53. The molecule has 6 aromatic rings. The van der Waals surface area contributed by atoms with Crippen LogP contribution in [0.2, 0.25) is 0 Å². The molecule has 0 unspecified atom stereocenters. The Hall–Kier alpha value is -11.0. The first kappa shape index (κ1) is 75.2. The fourth-order valence-electron chi connectivity index (χ4n) is 8.18. The number of hydrogen-bond donors (Lipinski definition) is 17. The van der Waals surface area contributed by atoms with Gasteiger partial charge in [0.05, 0.1) is 66.5 Å². The van der Waals surface area contributed by atoms with Crippen LogP contribution in [0.1, 0.15) is 104 Å². The standard InChI is InChI=1S/C18H18N2O6.C18H20N2O5.C13H16N2O6.C12H14N2O6/c21-16(19-26)11-20(9-12-1-5-14(6-2-12)17(22)23)10-13-3-7-15(8-4-13)18(24)25;1-25-16-7-5-13(6-8-16)10-20(12-17(21)19-24)11-14-3-2-4-15(9-14)18(22)23;16-11(17)5-4-10(12(18)15-21)14-7-8-2-1-3-9(6-8)13(19)20;15-10(16)5-9(11(17)14-20)13-6-7-2-1-3-8(4-7)12(18)19/h1-8,26H,9-11H2,(H,19,21)(H,22,23)(H,24,25);2-9,24H,10-12H2,1H3,(H,19,21)(H,22,23);1-3,6,10,14,21H,4-5,7H2,(H,15,18)(H,16,17)(H,19,20);1-4,9,13,20H,5-6H2,(H,14,17)(H,15,16)(H,18,19)/t;;10-;9-/m..11/s1. The number of ether oxygens (including phenoxy) is 1. The molecular weight excluding hydrogens is 1210 g/mol. The first-order valence-corrected chi connectivity index (χ1v) is 27.1. The number of carbonyl (C=O) groups excluding carboxylic acids is 4. The zero-order valence-corrected chi connectivity index (χ0v) is 49.0. The van der Waals surface area contributed by atoms with Crippen molar-refractivity contribution in [2.75, 3.05) is 20.2 Å². The largest absolute Gasteiger partial charge is 0.497 e. The molecule has 0 aliphatic heterocycles. The highest BCUT2D eigenvalue weighted by Gasteiger charge is 2.22. The lowest BCUT2D eigenvalue weighted by Gasteiger charge is -2.21. The Kier molecular flexibility index (Phi) is 32.5. The topological polar surface area (TPSA) is 498 Å². The number of amides is 4. The smallest absolute Gasteiger partial charge is 0.335 e. The summed E-state index contributed by atoms with van der Waals surface area (Å²) in [6.07, 6.45) is -0.744. The number of methoxy groups -OCH3 is 1. The van der Waals surface area contributed by atoms with Gasteiger partial charge in [0.2, 0.25) is 0 Å². The SMILES string of the molecule is COc1ccc(CN(CC(=O)NO)Cc2cccc(C(=O)O)c2)cc1.O=C(CN(Cc1ccc(C(=O)O)cc1)Cc1ccc(C(=O)O)cc1)NO.O=C(O)CC[C@@H](NCc1cccc(C(=O)O)c1)C(=O)NO.O=C(O)C[C@@H](NCc1cccc(C(=O)O)c1)C(=O)NO. The van der Waals surface area contributed by atoms with Gasteiger partial charge >= 0.3 is 41.8 Å². The number of aromatic carboxylic acids is 5. The average molecular weight is 1280 g/mol. The van der Waals surface area contributed by atoms with Crippen LogP contribution in [0.25, 0.3) is 0 Å². The molecule has 0 spiro atoms. The lowest BCUT2D eigenvalue weighted by Crippen LogP contribution is -2.44. The Morgan fingerprint density at radius 2 is 0.728 bits per heavy atom. The summed E-state index contributed by atoms with van der Waals surface area (Å²) in [7, 11) is 1.59. The highest BCUT2D eigenvalue weighted by atomic mass is 16.5. The van der Waals surface area contributed by atoms with Crippen molar-refractivity contribution in [3.8, 4) is 5.75 Å². The number of nitrogens with zero attached hydrogens (tertiary/aromatic N) is 2. The Bertz CT molecular complexity index is 3400. The van der Waals surface area contributed by atoms with Crippen LogP contribution in [0.15, 0.2) is 146 Å². The minimum atomic E-state index is -1.20. The second-order valence-corrected chi connectivity index (χ2v) is 19.6. The summed E-state index contributed by atoms with van der Waals surface area (Å²) < 4.78 is 5.12. The number of carbonyl (C=O) groups is 11. The third-order valence-electron chi connectivity index (χ3n) is 12.7. The van der Waals surface area contributed by atoms with E-state index in [1.807, 2.05) is 24.3 Å². The number of carboxylic acids is 7. The van der Waals surface area contributed by atoms with Crippen LogP contribution in [0, 0.1) is 0 Å². The molecule has 0 aromatic heterocycles. The van der Waals surface area contributed by atoms with Crippen LogP contribution < -0.4 is 37.3 Å². The molecule has 92 heavy (non-hydrogen) atoms. The third-order valence-corrected chi connectivity index (χ3v) is 12.7. The molecule has 31 nitrogen and oxygen atoms in total. The molecule has 0 saturated carbocycles. The summed E-state index contributed by atoms with van der Waals surface area (Å²) >= 11 is 0. The molecule has 0 fully saturated rings. The maximum Gasteiger partial charge on any atom is 0.335 e. The van der Waals surface area contributed by atoms with Crippen molar-refractivity contribution in [2.45, 2.75) is 70.6 Å². The van der Waals surface area contributed by atoms with Gasteiger partial charge in [0.15, 0.2) is 0 Å². The van der Waals surface area contributed by atoms with E-state index >= 15 is 0 Å². The monoisotopic (exact) mass is 1280 g/mol. The molecule has 31 heteroatoms. The van der Waals surface area contributed by atoms with Crippen LogP contribution in [0.5, 0.6) is 5.75 Å². The maximum absolute atomic E-state index is 11.6. The summed E-state index contributed by atoms with van der Waals surface area (Å²) in [5.41, 5.74) is 11.3. The molecule has 0 heterocycles. The van der Waals surface area contributed by atoms with Crippen molar-refractivity contribution in [2.24, 2.45) is 0 Å². The van der Waals surface area contributed by atoms with Gasteiger partial charge in [-0.15, -0.1) is 0 Å². The molecule has 0 saturated heterocycles. The minimum absolute atomic E-state index is 0.000345. The molecule has 4 amide bonds. The fourth-order valence-corrected chi connectivity index (χ4v) is 8.18. The quantitative estimate of drug-likeness (QED) is 0.0219. The van der Waals surface area contributed by atoms with Crippen molar-refractivity contribution in [3.63, 3.8) is 0 Å². The molecule has 6 aromatic carbocycles. The molecule has 2 atom stereocenters. The van der Waals surface area contributed by atoms with E-state index in [0.717, 1.165) is 28.0 Å².